The van der Waals surface area contributed by atoms with Gasteiger partial charge in [-0.2, -0.15) is 0 Å². The van der Waals surface area contributed by atoms with Gasteiger partial charge >= 0.3 is 0 Å². The minimum absolute atomic E-state index is 0.191. The first-order valence-electron chi connectivity index (χ1n) is 9.58. The molecule has 2 aromatic carbocycles. The number of thioether (sulfide) groups is 1. The number of thiocarbonyl (C=S) groups is 1. The van der Waals surface area contributed by atoms with Crippen LogP contribution in [0.15, 0.2) is 48.5 Å². The Bertz CT molecular complexity index is 849. The third-order valence-corrected chi connectivity index (χ3v) is 5.89. The number of para-hydroxylation sites is 1. The molecule has 0 unspecified atom stereocenters. The average molecular weight is 430 g/mol. The minimum Gasteiger partial charge on any atom is -0.358 e. The summed E-state index contributed by atoms with van der Waals surface area (Å²) in [6.45, 7) is 8.13. The molecule has 0 aliphatic heterocycles. The maximum absolute atomic E-state index is 12.6. The van der Waals surface area contributed by atoms with E-state index in [1.165, 1.54) is 17.3 Å². The van der Waals surface area contributed by atoms with Crippen molar-refractivity contribution < 1.29 is 9.59 Å². The standard InChI is InChI=1S/C22H27N3O2S2/c1-4-25(5-2)22(28)29-15-20(26)24-19-9-7-6-8-18(19)21(27)23-14-17-12-10-16(3)11-13-17/h6-13H,4-5,14-15H2,1-3H3,(H,23,27)(H,24,26). The number of carbonyl (C=O) groups is 2. The molecule has 29 heavy (non-hydrogen) atoms. The zero-order chi connectivity index (χ0) is 21.2. The van der Waals surface area contributed by atoms with Gasteiger partial charge in [-0.25, -0.2) is 0 Å². The van der Waals surface area contributed by atoms with Crippen molar-refractivity contribution in [1.29, 1.82) is 0 Å². The van der Waals surface area contributed by atoms with Gasteiger partial charge < -0.3 is 15.5 Å². The summed E-state index contributed by atoms with van der Waals surface area (Å²) in [5.74, 6) is -0.217. The first kappa shape index (κ1) is 22.9. The lowest BCUT2D eigenvalue weighted by molar-refractivity contribution is -0.113. The fourth-order valence-corrected chi connectivity index (χ4v) is 3.86. The summed E-state index contributed by atoms with van der Waals surface area (Å²) in [5.41, 5.74) is 3.12. The van der Waals surface area contributed by atoms with Crippen LogP contribution in [0.25, 0.3) is 0 Å². The van der Waals surface area contributed by atoms with Crippen LogP contribution in [0.1, 0.15) is 35.3 Å². The number of nitrogens with zero attached hydrogens (tertiary/aromatic N) is 1. The molecule has 2 amide bonds. The summed E-state index contributed by atoms with van der Waals surface area (Å²) in [5, 5.41) is 5.73. The van der Waals surface area contributed by atoms with Crippen molar-refractivity contribution in [3.8, 4) is 0 Å². The van der Waals surface area contributed by atoms with Gasteiger partial charge in [0.25, 0.3) is 5.91 Å². The lowest BCUT2D eigenvalue weighted by Crippen LogP contribution is -2.28. The molecule has 2 rings (SSSR count). The van der Waals surface area contributed by atoms with Gasteiger partial charge in [-0.05, 0) is 38.5 Å². The van der Waals surface area contributed by atoms with Crippen molar-refractivity contribution >= 4 is 45.8 Å². The topological polar surface area (TPSA) is 61.4 Å². The molecule has 0 aliphatic rings. The van der Waals surface area contributed by atoms with Crippen molar-refractivity contribution in [3.63, 3.8) is 0 Å². The van der Waals surface area contributed by atoms with Crippen molar-refractivity contribution in [3.05, 3.63) is 65.2 Å². The Morgan fingerprint density at radius 3 is 2.34 bits per heavy atom. The summed E-state index contributed by atoms with van der Waals surface area (Å²) >= 11 is 6.69. The Kier molecular flexibility index (Phi) is 9.15. The van der Waals surface area contributed by atoms with Gasteiger partial charge in [0, 0.05) is 19.6 Å². The van der Waals surface area contributed by atoms with E-state index in [1.807, 2.05) is 49.9 Å². The largest absolute Gasteiger partial charge is 0.358 e. The van der Waals surface area contributed by atoms with Crippen molar-refractivity contribution in [2.45, 2.75) is 27.3 Å². The quantitative estimate of drug-likeness (QED) is 0.615. The monoisotopic (exact) mass is 429 g/mol. The van der Waals surface area contributed by atoms with Gasteiger partial charge in [0.05, 0.1) is 17.0 Å². The molecule has 7 heteroatoms. The Labute approximate surface area is 182 Å². The molecule has 0 fully saturated rings. The summed E-state index contributed by atoms with van der Waals surface area (Å²) in [4.78, 5) is 27.0. The number of hydrogen-bond donors (Lipinski definition) is 2. The van der Waals surface area contributed by atoms with Gasteiger partial charge in [-0.15, -0.1) is 0 Å². The van der Waals surface area contributed by atoms with Gasteiger partial charge in [-0.3, -0.25) is 9.59 Å². The maximum atomic E-state index is 12.6. The third kappa shape index (κ3) is 7.18. The molecule has 0 bridgehead atoms. The van der Waals surface area contributed by atoms with E-state index in [9.17, 15) is 9.59 Å². The first-order valence-corrected chi connectivity index (χ1v) is 11.0. The SMILES string of the molecule is CCN(CC)C(=S)SCC(=O)Nc1ccccc1C(=O)NCc1ccc(C)cc1. The molecule has 2 aromatic rings. The number of rotatable bonds is 8. The first-order chi connectivity index (χ1) is 13.9. The van der Waals surface area contributed by atoms with E-state index in [4.69, 9.17) is 12.2 Å². The molecule has 0 saturated carbocycles. The van der Waals surface area contributed by atoms with Crippen LogP contribution in [0.3, 0.4) is 0 Å². The predicted octanol–water partition coefficient (Wildman–Crippen LogP) is 4.22. The number of benzene rings is 2. The second-order valence-corrected chi connectivity index (χ2v) is 8.10. The highest BCUT2D eigenvalue weighted by atomic mass is 32.2. The van der Waals surface area contributed by atoms with E-state index < -0.39 is 0 Å². The van der Waals surface area contributed by atoms with Crippen molar-refractivity contribution in [2.75, 3.05) is 24.2 Å². The van der Waals surface area contributed by atoms with Crippen molar-refractivity contribution in [2.24, 2.45) is 0 Å². The molecule has 0 aliphatic carbocycles. The van der Waals surface area contributed by atoms with E-state index in [0.29, 0.717) is 22.1 Å². The Morgan fingerprint density at radius 2 is 1.69 bits per heavy atom. The predicted molar refractivity (Wildman–Crippen MR) is 125 cm³/mol. The van der Waals surface area contributed by atoms with Gasteiger partial charge in [0.1, 0.15) is 4.32 Å². The highest BCUT2D eigenvalue weighted by molar-refractivity contribution is 8.23. The molecule has 0 radical (unpaired) electrons. The van der Waals surface area contributed by atoms with E-state index in [1.54, 1.807) is 24.3 Å². The second-order valence-electron chi connectivity index (χ2n) is 6.49. The number of hydrogen-bond acceptors (Lipinski definition) is 4. The van der Waals surface area contributed by atoms with Gasteiger partial charge in [-0.1, -0.05) is 65.9 Å². The molecular weight excluding hydrogens is 402 g/mol. The zero-order valence-corrected chi connectivity index (χ0v) is 18.7. The van der Waals surface area contributed by atoms with E-state index in [-0.39, 0.29) is 17.6 Å². The number of aryl methyl sites for hydroxylation is 1. The molecular formula is C22H27N3O2S2. The van der Waals surface area contributed by atoms with Crippen LogP contribution in [-0.2, 0) is 11.3 Å². The van der Waals surface area contributed by atoms with E-state index in [2.05, 4.69) is 10.6 Å². The fourth-order valence-electron chi connectivity index (χ4n) is 2.66. The summed E-state index contributed by atoms with van der Waals surface area (Å²) in [7, 11) is 0. The second kappa shape index (κ2) is 11.6. The molecule has 5 nitrogen and oxygen atoms in total. The number of anilines is 1. The minimum atomic E-state index is -0.229. The highest BCUT2D eigenvalue weighted by Crippen LogP contribution is 2.17. The highest BCUT2D eigenvalue weighted by Gasteiger charge is 2.14. The summed E-state index contributed by atoms with van der Waals surface area (Å²) in [6.07, 6.45) is 0. The van der Waals surface area contributed by atoms with Crippen molar-refractivity contribution in [1.82, 2.24) is 10.2 Å². The van der Waals surface area contributed by atoms with E-state index >= 15 is 0 Å². The van der Waals surface area contributed by atoms with Crippen LogP contribution >= 0.6 is 24.0 Å². The molecule has 0 atom stereocenters. The van der Waals surface area contributed by atoms with E-state index in [0.717, 1.165) is 18.7 Å². The Hall–Kier alpha value is -2.38. The van der Waals surface area contributed by atoms with Crippen LogP contribution in [0.2, 0.25) is 0 Å². The average Bonchev–Trinajstić information content (AvgIpc) is 2.73. The fraction of sp³-hybridized carbons (Fsp3) is 0.318. The van der Waals surface area contributed by atoms with Crippen LogP contribution in [0.4, 0.5) is 5.69 Å². The molecule has 2 N–H and O–H groups in total. The molecule has 0 spiro atoms. The zero-order valence-electron chi connectivity index (χ0n) is 17.0. The van der Waals surface area contributed by atoms with Crippen LogP contribution in [0.5, 0.6) is 0 Å². The molecule has 0 heterocycles. The van der Waals surface area contributed by atoms with Gasteiger partial charge in [0.2, 0.25) is 5.91 Å². The maximum Gasteiger partial charge on any atom is 0.253 e. The number of amides is 2. The lowest BCUT2D eigenvalue weighted by atomic mass is 10.1. The third-order valence-electron chi connectivity index (χ3n) is 4.37. The Morgan fingerprint density at radius 1 is 1.03 bits per heavy atom. The Balaban J connectivity index is 1.95. The lowest BCUT2D eigenvalue weighted by Gasteiger charge is -2.20. The smallest absolute Gasteiger partial charge is 0.253 e. The number of nitrogens with one attached hydrogen (secondary N) is 2. The van der Waals surface area contributed by atoms with Crippen LogP contribution in [0, 0.1) is 6.92 Å². The van der Waals surface area contributed by atoms with Crippen LogP contribution < -0.4 is 10.6 Å². The summed E-state index contributed by atoms with van der Waals surface area (Å²) in [6, 6.07) is 15.0. The summed E-state index contributed by atoms with van der Waals surface area (Å²) < 4.78 is 0.703. The molecule has 154 valence electrons. The molecule has 0 saturated heterocycles. The normalized spacial score (nSPS) is 10.3. The molecule has 0 aromatic heterocycles. The van der Waals surface area contributed by atoms with Gasteiger partial charge in [0.15, 0.2) is 0 Å². The van der Waals surface area contributed by atoms with Crippen LogP contribution in [-0.4, -0.2) is 39.9 Å². The number of carbonyl (C=O) groups excluding carboxylic acids is 2.